The zero-order valence-corrected chi connectivity index (χ0v) is 38.6. The third-order valence-corrected chi connectivity index (χ3v) is 12.9. The van der Waals surface area contributed by atoms with Crippen molar-refractivity contribution in [3.63, 3.8) is 0 Å². The van der Waals surface area contributed by atoms with Gasteiger partial charge in [-0.15, -0.1) is 5.10 Å². The molecule has 0 radical (unpaired) electrons. The zero-order chi connectivity index (χ0) is 46.8. The average Bonchev–Trinajstić information content (AvgIpc) is 3.76. The summed E-state index contributed by atoms with van der Waals surface area (Å²) in [5.74, 6) is -2.96. The topological polar surface area (TPSA) is 206 Å². The van der Waals surface area contributed by atoms with E-state index in [9.17, 15) is 30.0 Å². The minimum absolute atomic E-state index is 0.118. The maximum atomic E-state index is 14.0. The number of aliphatic hydroxyl groups excluding tert-OH is 4. The van der Waals surface area contributed by atoms with Crippen LogP contribution in [0.4, 0.5) is 0 Å². The quantitative estimate of drug-likeness (QED) is 0.137. The van der Waals surface area contributed by atoms with Crippen molar-refractivity contribution in [3.8, 4) is 5.69 Å². The van der Waals surface area contributed by atoms with E-state index < -0.39 is 78.6 Å². The Bertz CT molecular complexity index is 2220. The number of nitrogens with zero attached hydrogens (tertiary/aromatic N) is 7. The van der Waals surface area contributed by atoms with Crippen LogP contribution in [-0.2, 0) is 36.9 Å². The fourth-order valence-corrected chi connectivity index (χ4v) is 9.08. The lowest BCUT2D eigenvalue weighted by Gasteiger charge is -2.46. The maximum absolute atomic E-state index is 14.0. The SMILES string of the molecule is CC[C@H]1OC(=O)C[C@@H](O)[C@H](C)[C@@H](O[C@@H]2O[C@H](C)[C@@H](O)[C@H](N(C)C)[C@H]2O)[C@@H](CCN(Cc2ccncc2)Cc2cn(-c3cnc4ccccc4c3)nn2)C[C@@H](C)C(=O)/C=C/C(C)=C/[C@@H]1CO. The number of likely N-dealkylation sites (N-methyl/N-ethyl adjacent to an activating group) is 1. The van der Waals surface area contributed by atoms with Gasteiger partial charge in [-0.3, -0.25) is 24.5 Å². The molecule has 3 aromatic heterocycles. The molecule has 0 spiro atoms. The van der Waals surface area contributed by atoms with Crippen LogP contribution in [-0.4, -0.2) is 143 Å². The Hall–Kier alpha value is -4.78. The van der Waals surface area contributed by atoms with Gasteiger partial charge in [-0.2, -0.15) is 0 Å². The Morgan fingerprint density at radius 2 is 1.74 bits per heavy atom. The molecule has 1 saturated heterocycles. The van der Waals surface area contributed by atoms with Crippen molar-refractivity contribution < 1.29 is 44.2 Å². The number of ketones is 1. The van der Waals surface area contributed by atoms with E-state index in [0.29, 0.717) is 44.6 Å². The Labute approximate surface area is 381 Å². The molecule has 12 atom stereocenters. The summed E-state index contributed by atoms with van der Waals surface area (Å²) in [7, 11) is 3.52. The molecule has 5 heterocycles. The number of aliphatic hydroxyl groups is 4. The highest BCUT2D eigenvalue weighted by Crippen LogP contribution is 2.35. The van der Waals surface area contributed by atoms with Crippen LogP contribution >= 0.6 is 0 Å². The minimum Gasteiger partial charge on any atom is -0.462 e. The van der Waals surface area contributed by atoms with Gasteiger partial charge in [0, 0.05) is 48.6 Å². The number of carbonyl (C=O) groups is 2. The number of ether oxygens (including phenoxy) is 3. The number of esters is 1. The van der Waals surface area contributed by atoms with Crippen molar-refractivity contribution in [2.45, 2.75) is 122 Å². The van der Waals surface area contributed by atoms with Crippen LogP contribution in [0, 0.1) is 23.7 Å². The molecule has 65 heavy (non-hydrogen) atoms. The monoisotopic (exact) mass is 898 g/mol. The van der Waals surface area contributed by atoms with Crippen LogP contribution < -0.4 is 0 Å². The van der Waals surface area contributed by atoms with E-state index in [0.717, 1.165) is 27.7 Å². The summed E-state index contributed by atoms with van der Waals surface area (Å²) in [6.45, 7) is 10.2. The molecule has 0 amide bonds. The van der Waals surface area contributed by atoms with Gasteiger partial charge in [-0.1, -0.05) is 61.9 Å². The molecule has 2 aliphatic heterocycles. The Kier molecular flexibility index (Phi) is 17.6. The van der Waals surface area contributed by atoms with Crippen LogP contribution in [0.15, 0.2) is 91.1 Å². The van der Waals surface area contributed by atoms with Gasteiger partial charge in [0.1, 0.15) is 12.2 Å². The number of aromatic nitrogens is 5. The van der Waals surface area contributed by atoms with Gasteiger partial charge in [0.25, 0.3) is 0 Å². The van der Waals surface area contributed by atoms with Gasteiger partial charge >= 0.3 is 5.97 Å². The fourth-order valence-electron chi connectivity index (χ4n) is 9.08. The van der Waals surface area contributed by atoms with Crippen molar-refractivity contribution in [2.24, 2.45) is 23.7 Å². The van der Waals surface area contributed by atoms with Crippen LogP contribution in [0.25, 0.3) is 16.6 Å². The van der Waals surface area contributed by atoms with Gasteiger partial charge in [0.05, 0.1) is 72.8 Å². The van der Waals surface area contributed by atoms with E-state index in [2.05, 4.69) is 25.2 Å². The van der Waals surface area contributed by atoms with Crippen LogP contribution in [0.5, 0.6) is 0 Å². The van der Waals surface area contributed by atoms with E-state index in [1.165, 1.54) is 6.08 Å². The predicted molar refractivity (Wildman–Crippen MR) is 244 cm³/mol. The number of fused-ring (bicyclic) bond motifs is 1. The van der Waals surface area contributed by atoms with Crippen LogP contribution in [0.3, 0.4) is 0 Å². The van der Waals surface area contributed by atoms with Crippen molar-refractivity contribution in [3.05, 3.63) is 102 Å². The van der Waals surface area contributed by atoms with Gasteiger partial charge in [0.15, 0.2) is 12.1 Å². The molecular weight excluding hydrogens is 831 g/mol. The van der Waals surface area contributed by atoms with E-state index in [1.54, 1.807) is 68.3 Å². The number of benzene rings is 1. The second-order valence-corrected chi connectivity index (χ2v) is 18.1. The summed E-state index contributed by atoms with van der Waals surface area (Å²) < 4.78 is 20.6. The number of allylic oxidation sites excluding steroid dienone is 3. The first-order valence-electron chi connectivity index (χ1n) is 22.8. The number of cyclic esters (lactones) is 1. The van der Waals surface area contributed by atoms with Crippen molar-refractivity contribution in [2.75, 3.05) is 27.2 Å². The van der Waals surface area contributed by atoms with Gasteiger partial charge in [0.2, 0.25) is 0 Å². The highest BCUT2D eigenvalue weighted by atomic mass is 16.7. The Morgan fingerprint density at radius 3 is 2.46 bits per heavy atom. The minimum atomic E-state index is -1.28. The molecule has 1 aromatic carbocycles. The largest absolute Gasteiger partial charge is 0.462 e. The van der Waals surface area contributed by atoms with E-state index >= 15 is 0 Å². The zero-order valence-electron chi connectivity index (χ0n) is 38.6. The molecule has 0 bridgehead atoms. The van der Waals surface area contributed by atoms with E-state index in [-0.39, 0.29) is 18.8 Å². The fraction of sp³-hybridized carbons (Fsp3) is 0.551. The van der Waals surface area contributed by atoms with Gasteiger partial charge < -0.3 is 39.5 Å². The Balaban J connectivity index is 1.35. The molecule has 0 saturated carbocycles. The van der Waals surface area contributed by atoms with Gasteiger partial charge in [-0.05, 0) is 95.6 Å². The number of hydrogen-bond acceptors (Lipinski definition) is 15. The molecule has 0 aliphatic carbocycles. The number of pyridine rings is 2. The molecule has 0 unspecified atom stereocenters. The average molecular weight is 898 g/mol. The number of rotatable bonds is 13. The normalized spacial score (nSPS) is 31.2. The third kappa shape index (κ3) is 13.0. The summed E-state index contributed by atoms with van der Waals surface area (Å²) in [5.41, 5.74) is 4.11. The standard InChI is InChI=1S/C49H67N7O9/c1-8-43-37(29-57)21-30(2)13-14-41(58)31(3)22-36(48(32(4)42(59)24-44(60)64-43)65-49-47(62)45(54(6)7)46(61)33(5)63-49)17-20-55(26-34-15-18-50-19-16-34)27-38-28-56(53-52-38)39-23-35-11-9-10-12-40(35)51-25-39/h9-16,18-19,21,23,25,28,31-33,36-37,42-43,45-49,57,59,61-62H,8,17,20,22,24,26-27,29H2,1-7H3/b14-13+,30-21+/t31-,32+,33-,36+,37-,42-,43-,45+,46-,47-,48-,49+/m1/s1. The first-order valence-corrected chi connectivity index (χ1v) is 22.8. The summed E-state index contributed by atoms with van der Waals surface area (Å²) in [6.07, 6.45) is 5.99. The molecule has 352 valence electrons. The van der Waals surface area contributed by atoms with E-state index in [4.69, 9.17) is 14.2 Å². The summed E-state index contributed by atoms with van der Waals surface area (Å²) in [6, 6.07) is 13.1. The van der Waals surface area contributed by atoms with Crippen molar-refractivity contribution in [1.82, 2.24) is 34.8 Å². The van der Waals surface area contributed by atoms with Crippen LogP contribution in [0.1, 0.15) is 71.6 Å². The molecule has 4 N–H and O–H groups in total. The summed E-state index contributed by atoms with van der Waals surface area (Å²) in [4.78, 5) is 40.3. The number of para-hydroxylation sites is 1. The first-order chi connectivity index (χ1) is 31.1. The Morgan fingerprint density at radius 1 is 0.985 bits per heavy atom. The molecule has 6 rings (SSSR count). The second kappa shape index (κ2) is 23.1. The molecule has 16 heteroatoms. The lowest BCUT2D eigenvalue weighted by Crippen LogP contribution is -2.63. The van der Waals surface area contributed by atoms with E-state index in [1.807, 2.05) is 69.4 Å². The van der Waals surface area contributed by atoms with Gasteiger partial charge in [-0.25, -0.2) is 4.68 Å². The molecular formula is C49H67N7O9. The van der Waals surface area contributed by atoms with Crippen LogP contribution in [0.2, 0.25) is 0 Å². The smallest absolute Gasteiger partial charge is 0.308 e. The number of hydrogen-bond donors (Lipinski definition) is 4. The summed E-state index contributed by atoms with van der Waals surface area (Å²) >= 11 is 0. The van der Waals surface area contributed by atoms with Crippen molar-refractivity contribution >= 4 is 22.7 Å². The molecule has 4 aromatic rings. The summed E-state index contributed by atoms with van der Waals surface area (Å²) in [5, 5.41) is 55.0. The molecule has 1 fully saturated rings. The second-order valence-electron chi connectivity index (χ2n) is 18.1. The lowest BCUT2D eigenvalue weighted by atomic mass is 9.79. The number of carbonyl (C=O) groups excluding carboxylic acids is 2. The first kappa shape index (κ1) is 49.6. The third-order valence-electron chi connectivity index (χ3n) is 12.9. The van der Waals surface area contributed by atoms with Crippen molar-refractivity contribution in [1.29, 1.82) is 0 Å². The molecule has 16 nitrogen and oxygen atoms in total. The molecule has 2 aliphatic rings. The lowest BCUT2D eigenvalue weighted by molar-refractivity contribution is -0.304. The highest BCUT2D eigenvalue weighted by Gasteiger charge is 2.47. The maximum Gasteiger partial charge on any atom is 0.308 e. The predicted octanol–water partition coefficient (Wildman–Crippen LogP) is 4.43. The highest BCUT2D eigenvalue weighted by molar-refractivity contribution is 5.91.